The second-order valence-electron chi connectivity index (χ2n) is 5.79. The van der Waals surface area contributed by atoms with Crippen LogP contribution in [0, 0.1) is 0 Å². The van der Waals surface area contributed by atoms with Gasteiger partial charge in [-0.2, -0.15) is 0 Å². The Morgan fingerprint density at radius 2 is 1.74 bits per heavy atom. The molecular weight excluding hydrogens is 310 g/mol. The zero-order chi connectivity index (χ0) is 16.2. The summed E-state index contributed by atoms with van der Waals surface area (Å²) in [6, 6.07) is 12.8. The van der Waals surface area contributed by atoms with Gasteiger partial charge < -0.3 is 16.0 Å². The molecule has 1 amide bonds. The minimum atomic E-state index is -0.256. The number of benzene rings is 2. The number of halogens is 1. The van der Waals surface area contributed by atoms with Crippen LogP contribution in [0.2, 0.25) is 5.02 Å². The predicted molar refractivity (Wildman–Crippen MR) is 96.3 cm³/mol. The fourth-order valence-corrected chi connectivity index (χ4v) is 3.03. The molecule has 0 aromatic heterocycles. The molecular formula is C18H20ClN3O. The summed E-state index contributed by atoms with van der Waals surface area (Å²) in [5.74, 6) is -0.256. The number of amides is 1. The molecule has 0 unspecified atom stereocenters. The van der Waals surface area contributed by atoms with Gasteiger partial charge in [-0.1, -0.05) is 11.6 Å². The first-order chi connectivity index (χ1) is 11.1. The minimum absolute atomic E-state index is 0.256. The molecule has 1 fully saturated rings. The largest absolute Gasteiger partial charge is 0.399 e. The number of carbonyl (C=O) groups excluding carboxylic acids is 1. The molecule has 4 nitrogen and oxygen atoms in total. The number of nitrogens with one attached hydrogen (secondary N) is 1. The fraction of sp³-hybridized carbons (Fsp3) is 0.278. The van der Waals surface area contributed by atoms with Crippen LogP contribution in [-0.4, -0.2) is 19.0 Å². The molecule has 0 atom stereocenters. The first-order valence-corrected chi connectivity index (χ1v) is 8.23. The summed E-state index contributed by atoms with van der Waals surface area (Å²) in [5.41, 5.74) is 8.56. The van der Waals surface area contributed by atoms with E-state index in [0.29, 0.717) is 16.3 Å². The average molecular weight is 330 g/mol. The van der Waals surface area contributed by atoms with E-state index in [4.69, 9.17) is 17.3 Å². The van der Waals surface area contributed by atoms with Gasteiger partial charge in [-0.25, -0.2) is 0 Å². The van der Waals surface area contributed by atoms with Crippen LogP contribution in [0.3, 0.4) is 0 Å². The molecule has 3 N–H and O–H groups in total. The number of nitrogen functional groups attached to an aromatic ring is 1. The van der Waals surface area contributed by atoms with Gasteiger partial charge in [0.25, 0.3) is 5.91 Å². The third-order valence-electron chi connectivity index (χ3n) is 4.08. The standard InChI is InChI=1S/C18H20ClN3O/c19-17-9-4-13(20)12-16(17)18(23)21-14-5-7-15(8-6-14)22-10-2-1-3-11-22/h4-9,12H,1-3,10-11,20H2,(H,21,23). The van der Waals surface area contributed by atoms with Crippen LogP contribution >= 0.6 is 11.6 Å². The van der Waals surface area contributed by atoms with Gasteiger partial charge in [0.1, 0.15) is 0 Å². The molecule has 0 radical (unpaired) electrons. The third kappa shape index (κ3) is 3.77. The van der Waals surface area contributed by atoms with Crippen molar-refractivity contribution in [3.8, 4) is 0 Å². The van der Waals surface area contributed by atoms with Gasteiger partial charge in [0.05, 0.1) is 10.6 Å². The van der Waals surface area contributed by atoms with Crippen LogP contribution < -0.4 is 16.0 Å². The van der Waals surface area contributed by atoms with Crippen molar-refractivity contribution in [2.75, 3.05) is 29.0 Å². The van der Waals surface area contributed by atoms with E-state index in [0.717, 1.165) is 18.8 Å². The van der Waals surface area contributed by atoms with Crippen LogP contribution in [0.5, 0.6) is 0 Å². The van der Waals surface area contributed by atoms with Crippen molar-refractivity contribution in [3.63, 3.8) is 0 Å². The lowest BCUT2D eigenvalue weighted by molar-refractivity contribution is 0.102. The molecule has 5 heteroatoms. The molecule has 23 heavy (non-hydrogen) atoms. The van der Waals surface area contributed by atoms with Gasteiger partial charge in [0, 0.05) is 30.2 Å². The Bertz CT molecular complexity index is 694. The number of piperidine rings is 1. The molecule has 3 rings (SSSR count). The SMILES string of the molecule is Nc1ccc(Cl)c(C(=O)Nc2ccc(N3CCCCC3)cc2)c1. The lowest BCUT2D eigenvalue weighted by Crippen LogP contribution is -2.29. The predicted octanol–water partition coefficient (Wildman–Crippen LogP) is 4.16. The zero-order valence-electron chi connectivity index (χ0n) is 12.9. The van der Waals surface area contributed by atoms with Crippen molar-refractivity contribution >= 4 is 34.6 Å². The maximum atomic E-state index is 12.3. The van der Waals surface area contributed by atoms with Crippen molar-refractivity contribution in [2.24, 2.45) is 0 Å². The maximum absolute atomic E-state index is 12.3. The molecule has 2 aromatic rings. The van der Waals surface area contributed by atoms with Crippen molar-refractivity contribution in [1.29, 1.82) is 0 Å². The Morgan fingerprint density at radius 3 is 2.43 bits per heavy atom. The quantitative estimate of drug-likeness (QED) is 0.831. The highest BCUT2D eigenvalue weighted by Gasteiger charge is 2.13. The zero-order valence-corrected chi connectivity index (χ0v) is 13.6. The molecule has 0 saturated carbocycles. The van der Waals surface area contributed by atoms with E-state index in [-0.39, 0.29) is 5.91 Å². The number of carbonyl (C=O) groups is 1. The first-order valence-electron chi connectivity index (χ1n) is 7.85. The molecule has 0 spiro atoms. The second-order valence-corrected chi connectivity index (χ2v) is 6.20. The normalized spacial score (nSPS) is 14.6. The number of hydrogen-bond donors (Lipinski definition) is 2. The third-order valence-corrected chi connectivity index (χ3v) is 4.41. The molecule has 1 heterocycles. The number of nitrogens with zero attached hydrogens (tertiary/aromatic N) is 1. The Kier molecular flexibility index (Phi) is 4.72. The molecule has 1 aliphatic rings. The summed E-state index contributed by atoms with van der Waals surface area (Å²) in [6.45, 7) is 2.20. The van der Waals surface area contributed by atoms with E-state index < -0.39 is 0 Å². The van der Waals surface area contributed by atoms with Gasteiger partial charge in [0.2, 0.25) is 0 Å². The Balaban J connectivity index is 1.70. The van der Waals surface area contributed by atoms with Crippen molar-refractivity contribution in [2.45, 2.75) is 19.3 Å². The Labute approximate surface area is 141 Å². The van der Waals surface area contributed by atoms with E-state index in [2.05, 4.69) is 10.2 Å². The van der Waals surface area contributed by atoms with Crippen molar-refractivity contribution in [3.05, 3.63) is 53.1 Å². The van der Waals surface area contributed by atoms with Gasteiger partial charge >= 0.3 is 0 Å². The topological polar surface area (TPSA) is 58.4 Å². The molecule has 0 aliphatic carbocycles. The highest BCUT2D eigenvalue weighted by Crippen LogP contribution is 2.23. The van der Waals surface area contributed by atoms with Gasteiger partial charge in [0.15, 0.2) is 0 Å². The fourth-order valence-electron chi connectivity index (χ4n) is 2.82. The van der Waals surface area contributed by atoms with Crippen LogP contribution in [0.15, 0.2) is 42.5 Å². The molecule has 2 aromatic carbocycles. The second kappa shape index (κ2) is 6.92. The van der Waals surface area contributed by atoms with E-state index >= 15 is 0 Å². The summed E-state index contributed by atoms with van der Waals surface area (Å²) >= 11 is 6.06. The minimum Gasteiger partial charge on any atom is -0.399 e. The number of nitrogens with two attached hydrogens (primary N) is 1. The molecule has 1 saturated heterocycles. The van der Waals surface area contributed by atoms with Gasteiger partial charge in [-0.05, 0) is 61.7 Å². The molecule has 120 valence electrons. The van der Waals surface area contributed by atoms with Crippen LogP contribution in [0.25, 0.3) is 0 Å². The average Bonchev–Trinajstić information content (AvgIpc) is 2.58. The molecule has 1 aliphatic heterocycles. The van der Waals surface area contributed by atoms with Gasteiger partial charge in [-0.3, -0.25) is 4.79 Å². The summed E-state index contributed by atoms with van der Waals surface area (Å²) in [4.78, 5) is 14.7. The van der Waals surface area contributed by atoms with E-state index in [1.807, 2.05) is 24.3 Å². The summed E-state index contributed by atoms with van der Waals surface area (Å²) in [7, 11) is 0. The summed E-state index contributed by atoms with van der Waals surface area (Å²) in [6.07, 6.45) is 3.80. The van der Waals surface area contributed by atoms with E-state index in [1.165, 1.54) is 24.9 Å². The Morgan fingerprint density at radius 1 is 1.04 bits per heavy atom. The monoisotopic (exact) mass is 329 g/mol. The van der Waals surface area contributed by atoms with Crippen LogP contribution in [0.1, 0.15) is 29.6 Å². The van der Waals surface area contributed by atoms with Crippen molar-refractivity contribution < 1.29 is 4.79 Å². The highest BCUT2D eigenvalue weighted by atomic mass is 35.5. The van der Waals surface area contributed by atoms with Crippen LogP contribution in [0.4, 0.5) is 17.1 Å². The van der Waals surface area contributed by atoms with Crippen molar-refractivity contribution in [1.82, 2.24) is 0 Å². The Hall–Kier alpha value is -2.20. The maximum Gasteiger partial charge on any atom is 0.257 e. The summed E-state index contributed by atoms with van der Waals surface area (Å²) in [5, 5.41) is 3.25. The van der Waals surface area contributed by atoms with Crippen LogP contribution in [-0.2, 0) is 0 Å². The van der Waals surface area contributed by atoms with E-state index in [1.54, 1.807) is 18.2 Å². The molecule has 0 bridgehead atoms. The number of hydrogen-bond acceptors (Lipinski definition) is 3. The smallest absolute Gasteiger partial charge is 0.257 e. The number of rotatable bonds is 3. The number of anilines is 3. The van der Waals surface area contributed by atoms with Gasteiger partial charge in [-0.15, -0.1) is 0 Å². The lowest BCUT2D eigenvalue weighted by atomic mass is 10.1. The van der Waals surface area contributed by atoms with E-state index in [9.17, 15) is 4.79 Å². The lowest BCUT2D eigenvalue weighted by Gasteiger charge is -2.28. The first kappa shape index (κ1) is 15.7. The highest BCUT2D eigenvalue weighted by molar-refractivity contribution is 6.34. The summed E-state index contributed by atoms with van der Waals surface area (Å²) < 4.78 is 0.